The van der Waals surface area contributed by atoms with Gasteiger partial charge in [-0.2, -0.15) is 0 Å². The first-order chi connectivity index (χ1) is 9.19. The number of hydrogen-bond donors (Lipinski definition) is 0. The quantitative estimate of drug-likeness (QED) is 0.657. The Hall–Kier alpha value is -1.39. The number of imidazole rings is 1. The molecule has 3 aromatic rings. The lowest BCUT2D eigenvalue weighted by molar-refractivity contribution is 0.628. The molecule has 3 rings (SSSR count). The second-order valence-electron chi connectivity index (χ2n) is 4.41. The minimum atomic E-state index is -0.252. The lowest BCUT2D eigenvalue weighted by Gasteiger charge is -2.07. The molecule has 2 nitrogen and oxygen atoms in total. The zero-order valence-corrected chi connectivity index (χ0v) is 11.9. The Morgan fingerprint density at radius 3 is 2.89 bits per heavy atom. The highest BCUT2D eigenvalue weighted by atomic mass is 35.5. The van der Waals surface area contributed by atoms with Crippen molar-refractivity contribution in [1.82, 2.24) is 9.55 Å². The molecule has 0 unspecified atom stereocenters. The van der Waals surface area contributed by atoms with Gasteiger partial charge in [-0.15, -0.1) is 22.9 Å². The van der Waals surface area contributed by atoms with E-state index in [-0.39, 0.29) is 5.82 Å². The Balaban J connectivity index is 2.15. The van der Waals surface area contributed by atoms with Crippen molar-refractivity contribution in [2.45, 2.75) is 19.3 Å². The predicted molar refractivity (Wildman–Crippen MR) is 77.4 cm³/mol. The van der Waals surface area contributed by atoms with Gasteiger partial charge in [0.15, 0.2) is 0 Å². The summed E-state index contributed by atoms with van der Waals surface area (Å²) in [5, 5.41) is 2.06. The zero-order chi connectivity index (χ0) is 13.4. The van der Waals surface area contributed by atoms with E-state index < -0.39 is 0 Å². The number of hydrogen-bond acceptors (Lipinski definition) is 2. The maximum Gasteiger partial charge on any atom is 0.125 e. The van der Waals surface area contributed by atoms with Crippen LogP contribution in [0, 0.1) is 12.7 Å². The molecule has 0 spiro atoms. The highest BCUT2D eigenvalue weighted by molar-refractivity contribution is 7.10. The first-order valence-corrected chi connectivity index (χ1v) is 7.34. The van der Waals surface area contributed by atoms with Crippen LogP contribution in [0.25, 0.3) is 11.0 Å². The molecule has 0 aliphatic rings. The first kappa shape index (κ1) is 12.6. The largest absolute Gasteiger partial charge is 0.322 e. The number of thiophene rings is 1. The number of halogens is 2. The summed E-state index contributed by atoms with van der Waals surface area (Å²) in [6.07, 6.45) is 0. The van der Waals surface area contributed by atoms with Crippen LogP contribution < -0.4 is 0 Å². The Kier molecular flexibility index (Phi) is 3.29. The van der Waals surface area contributed by atoms with Crippen molar-refractivity contribution >= 4 is 34.0 Å². The number of aryl methyl sites for hydroxylation is 1. The van der Waals surface area contributed by atoms with Crippen molar-refractivity contribution in [3.8, 4) is 0 Å². The van der Waals surface area contributed by atoms with Crippen LogP contribution >= 0.6 is 22.9 Å². The van der Waals surface area contributed by atoms with Crippen LogP contribution in [0.2, 0.25) is 0 Å². The molecule has 0 saturated heterocycles. The third-order valence-electron chi connectivity index (χ3n) is 3.18. The van der Waals surface area contributed by atoms with Crippen LogP contribution in [0.3, 0.4) is 0 Å². The molecule has 1 aromatic carbocycles. The van der Waals surface area contributed by atoms with Crippen LogP contribution in [-0.2, 0) is 12.4 Å². The molecule has 98 valence electrons. The molecule has 5 heteroatoms. The smallest absolute Gasteiger partial charge is 0.125 e. The molecule has 0 radical (unpaired) electrons. The van der Waals surface area contributed by atoms with Gasteiger partial charge in [-0.3, -0.25) is 0 Å². The maximum atomic E-state index is 13.4. The normalized spacial score (nSPS) is 11.3. The molecule has 0 bridgehead atoms. The minimum Gasteiger partial charge on any atom is -0.322 e. The van der Waals surface area contributed by atoms with Gasteiger partial charge in [0.05, 0.1) is 23.5 Å². The van der Waals surface area contributed by atoms with E-state index >= 15 is 0 Å². The van der Waals surface area contributed by atoms with E-state index in [4.69, 9.17) is 11.6 Å². The molecular weight excluding hydrogens is 283 g/mol. The van der Waals surface area contributed by atoms with Crippen LogP contribution in [-0.4, -0.2) is 9.55 Å². The van der Waals surface area contributed by atoms with Gasteiger partial charge in [0.25, 0.3) is 0 Å². The highest BCUT2D eigenvalue weighted by Gasteiger charge is 2.12. The maximum absolute atomic E-state index is 13.4. The molecule has 0 atom stereocenters. The summed E-state index contributed by atoms with van der Waals surface area (Å²) >= 11 is 7.64. The van der Waals surface area contributed by atoms with Gasteiger partial charge in [0.2, 0.25) is 0 Å². The summed E-state index contributed by atoms with van der Waals surface area (Å²) in [6, 6.07) is 6.72. The van der Waals surface area contributed by atoms with Crippen molar-refractivity contribution in [3.05, 3.63) is 51.7 Å². The molecule has 0 aliphatic carbocycles. The van der Waals surface area contributed by atoms with E-state index in [0.29, 0.717) is 12.4 Å². The standard InChI is InChI=1S/C14H12ClFN2S/c1-9-4-5-19-13(9)8-18-12-6-10(16)2-3-11(12)17-14(18)7-15/h2-6H,7-8H2,1H3. The molecule has 2 heterocycles. The van der Waals surface area contributed by atoms with Crippen molar-refractivity contribution in [3.63, 3.8) is 0 Å². The van der Waals surface area contributed by atoms with Gasteiger partial charge in [-0.25, -0.2) is 9.37 Å². The molecule has 0 amide bonds. The Labute approximate surface area is 119 Å². The number of benzene rings is 1. The lowest BCUT2D eigenvalue weighted by Crippen LogP contribution is -2.03. The van der Waals surface area contributed by atoms with Gasteiger partial charge in [0, 0.05) is 4.88 Å². The van der Waals surface area contributed by atoms with Gasteiger partial charge < -0.3 is 4.57 Å². The summed E-state index contributed by atoms with van der Waals surface area (Å²) in [5.41, 5.74) is 2.82. The van der Waals surface area contributed by atoms with Gasteiger partial charge in [0.1, 0.15) is 11.6 Å². The lowest BCUT2D eigenvalue weighted by atomic mass is 10.2. The molecule has 0 N–H and O–H groups in total. The van der Waals surface area contributed by atoms with Crippen LogP contribution in [0.1, 0.15) is 16.3 Å². The predicted octanol–water partition coefficient (Wildman–Crippen LogP) is 4.33. The van der Waals surface area contributed by atoms with Gasteiger partial charge in [-0.05, 0) is 42.1 Å². The van der Waals surface area contributed by atoms with Crippen LogP contribution in [0.5, 0.6) is 0 Å². The fraction of sp³-hybridized carbons (Fsp3) is 0.214. The van der Waals surface area contributed by atoms with Crippen molar-refractivity contribution < 1.29 is 4.39 Å². The van der Waals surface area contributed by atoms with E-state index in [1.807, 2.05) is 4.57 Å². The number of nitrogens with zero attached hydrogens (tertiary/aromatic N) is 2. The van der Waals surface area contributed by atoms with Gasteiger partial charge in [-0.1, -0.05) is 0 Å². The fourth-order valence-corrected chi connectivity index (χ4v) is 3.23. The average Bonchev–Trinajstić information content (AvgIpc) is 2.95. The summed E-state index contributed by atoms with van der Waals surface area (Å²) in [7, 11) is 0. The SMILES string of the molecule is Cc1ccsc1Cn1c(CCl)nc2ccc(F)cc21. The zero-order valence-electron chi connectivity index (χ0n) is 10.4. The van der Waals surface area contributed by atoms with Crippen molar-refractivity contribution in [2.24, 2.45) is 0 Å². The highest BCUT2D eigenvalue weighted by Crippen LogP contribution is 2.23. The van der Waals surface area contributed by atoms with Crippen molar-refractivity contribution in [1.29, 1.82) is 0 Å². The third kappa shape index (κ3) is 2.26. The molecule has 0 aliphatic heterocycles. The summed E-state index contributed by atoms with van der Waals surface area (Å²) in [4.78, 5) is 5.70. The summed E-state index contributed by atoms with van der Waals surface area (Å²) in [5.74, 6) is 0.841. The Morgan fingerprint density at radius 1 is 1.37 bits per heavy atom. The third-order valence-corrected chi connectivity index (χ3v) is 4.43. The number of fused-ring (bicyclic) bond motifs is 1. The second kappa shape index (κ2) is 4.94. The van der Waals surface area contributed by atoms with E-state index in [1.165, 1.54) is 22.6 Å². The molecule has 19 heavy (non-hydrogen) atoms. The topological polar surface area (TPSA) is 17.8 Å². The molecular formula is C14H12ClFN2S. The monoisotopic (exact) mass is 294 g/mol. The second-order valence-corrected chi connectivity index (χ2v) is 5.68. The fourth-order valence-electron chi connectivity index (χ4n) is 2.13. The van der Waals surface area contributed by atoms with E-state index in [0.717, 1.165) is 16.9 Å². The molecule has 0 saturated carbocycles. The summed E-state index contributed by atoms with van der Waals surface area (Å²) < 4.78 is 15.4. The Morgan fingerprint density at radius 2 is 2.21 bits per heavy atom. The van der Waals surface area contributed by atoms with E-state index in [2.05, 4.69) is 23.4 Å². The van der Waals surface area contributed by atoms with E-state index in [1.54, 1.807) is 17.4 Å². The molecule has 2 aromatic heterocycles. The number of aromatic nitrogens is 2. The number of alkyl halides is 1. The van der Waals surface area contributed by atoms with Crippen LogP contribution in [0.4, 0.5) is 4.39 Å². The van der Waals surface area contributed by atoms with Crippen molar-refractivity contribution in [2.75, 3.05) is 0 Å². The number of rotatable bonds is 3. The average molecular weight is 295 g/mol. The Bertz CT molecular complexity index is 732. The molecule has 0 fully saturated rings. The summed E-state index contributed by atoms with van der Waals surface area (Å²) in [6.45, 7) is 2.76. The minimum absolute atomic E-state index is 0.252. The van der Waals surface area contributed by atoms with Gasteiger partial charge >= 0.3 is 0 Å². The van der Waals surface area contributed by atoms with E-state index in [9.17, 15) is 4.39 Å². The van der Waals surface area contributed by atoms with Crippen LogP contribution in [0.15, 0.2) is 29.6 Å². The first-order valence-electron chi connectivity index (χ1n) is 5.92.